The van der Waals surface area contributed by atoms with Gasteiger partial charge < -0.3 is 19.3 Å². The molecule has 1 aliphatic rings. The first-order chi connectivity index (χ1) is 17.6. The fraction of sp³-hybridized carbons (Fsp3) is 0.423. The minimum Gasteiger partial charge on any atom is -0.493 e. The molecule has 1 amide bonds. The van der Waals surface area contributed by atoms with Gasteiger partial charge in [0.1, 0.15) is 0 Å². The molecule has 1 aromatic heterocycles. The van der Waals surface area contributed by atoms with E-state index in [0.29, 0.717) is 36.3 Å². The summed E-state index contributed by atoms with van der Waals surface area (Å²) < 4.78 is 16.1. The van der Waals surface area contributed by atoms with E-state index >= 15 is 0 Å². The van der Waals surface area contributed by atoms with Gasteiger partial charge in [0.15, 0.2) is 11.5 Å². The number of nitrogens with one attached hydrogen (secondary N) is 1. The third-order valence-corrected chi connectivity index (χ3v) is 7.48. The van der Waals surface area contributed by atoms with Crippen molar-refractivity contribution in [2.75, 3.05) is 39.6 Å². The Morgan fingerprint density at radius 1 is 1.14 bits per heavy atom. The Morgan fingerprint density at radius 3 is 2.61 bits per heavy atom. The quantitative estimate of drug-likeness (QED) is 0.276. The first kappa shape index (κ1) is 26.3. The fourth-order valence-corrected chi connectivity index (χ4v) is 5.08. The lowest BCUT2D eigenvalue weighted by Crippen LogP contribution is -2.40. The maximum Gasteiger partial charge on any atom is 0.241 e. The Morgan fingerprint density at radius 2 is 1.89 bits per heavy atom. The van der Waals surface area contributed by atoms with Gasteiger partial charge in [0.05, 0.1) is 20.8 Å². The molecule has 0 radical (unpaired) electrons. The molecule has 192 valence electrons. The molecule has 0 atom stereocenters. The summed E-state index contributed by atoms with van der Waals surface area (Å²) in [6.45, 7) is 2.90. The molecule has 1 fully saturated rings. The Hall–Kier alpha value is -2.75. The summed E-state index contributed by atoms with van der Waals surface area (Å²) in [4.78, 5) is 20.6. The molecule has 0 unspecified atom stereocenters. The first-order valence-electron chi connectivity index (χ1n) is 12.0. The van der Waals surface area contributed by atoms with Crippen LogP contribution in [0.2, 0.25) is 5.02 Å². The number of likely N-dealkylation sites (tertiary alicyclic amines) is 1. The van der Waals surface area contributed by atoms with E-state index in [2.05, 4.69) is 20.4 Å². The molecule has 10 heteroatoms. The van der Waals surface area contributed by atoms with Crippen molar-refractivity contribution in [1.29, 1.82) is 0 Å². The van der Waals surface area contributed by atoms with Crippen LogP contribution < -0.4 is 14.8 Å². The zero-order chi connectivity index (χ0) is 25.3. The Bertz CT molecular complexity index is 1130. The van der Waals surface area contributed by atoms with Gasteiger partial charge in [0.2, 0.25) is 17.6 Å². The summed E-state index contributed by atoms with van der Waals surface area (Å²) in [6.07, 6.45) is 2.57. The van der Waals surface area contributed by atoms with Crippen LogP contribution in [0.3, 0.4) is 0 Å². The summed E-state index contributed by atoms with van der Waals surface area (Å²) in [5, 5.41) is 7.96. The number of rotatable bonds is 11. The van der Waals surface area contributed by atoms with Gasteiger partial charge in [-0.15, -0.1) is 11.8 Å². The van der Waals surface area contributed by atoms with E-state index in [0.717, 1.165) is 48.7 Å². The number of aromatic nitrogens is 2. The second-order valence-corrected chi connectivity index (χ2v) is 10.2. The van der Waals surface area contributed by atoms with E-state index in [4.69, 9.17) is 25.6 Å². The zero-order valence-electron chi connectivity index (χ0n) is 20.5. The highest BCUT2D eigenvalue weighted by Crippen LogP contribution is 2.31. The maximum absolute atomic E-state index is 12.6. The maximum atomic E-state index is 12.6. The van der Waals surface area contributed by atoms with E-state index in [-0.39, 0.29) is 11.8 Å². The molecule has 0 bridgehead atoms. The van der Waals surface area contributed by atoms with E-state index in [1.54, 1.807) is 26.0 Å². The van der Waals surface area contributed by atoms with E-state index in [1.807, 2.05) is 42.5 Å². The van der Waals surface area contributed by atoms with Crippen LogP contribution in [0.15, 0.2) is 51.9 Å². The average Bonchev–Trinajstić information content (AvgIpc) is 3.38. The minimum absolute atomic E-state index is 0.0511. The van der Waals surface area contributed by atoms with Crippen LogP contribution in [0, 0.1) is 5.92 Å². The topological polar surface area (TPSA) is 89.7 Å². The predicted molar refractivity (Wildman–Crippen MR) is 141 cm³/mol. The van der Waals surface area contributed by atoms with Crippen molar-refractivity contribution < 1.29 is 18.8 Å². The normalized spacial score (nSPS) is 14.5. The third kappa shape index (κ3) is 7.15. The van der Waals surface area contributed by atoms with Crippen molar-refractivity contribution in [1.82, 2.24) is 20.4 Å². The molecular weight excluding hydrogens is 500 g/mol. The van der Waals surface area contributed by atoms with Crippen LogP contribution in [0.1, 0.15) is 25.2 Å². The molecular formula is C26H31ClN4O4S. The fourth-order valence-electron chi connectivity index (χ4n) is 4.11. The highest BCUT2D eigenvalue weighted by atomic mass is 35.5. The van der Waals surface area contributed by atoms with E-state index in [9.17, 15) is 4.79 Å². The number of hydrogen-bond acceptors (Lipinski definition) is 8. The molecule has 2 aromatic carbocycles. The van der Waals surface area contributed by atoms with Crippen LogP contribution in [0.4, 0.5) is 0 Å². The molecule has 8 nitrogen and oxygen atoms in total. The number of hydrogen-bond donors (Lipinski definition) is 1. The van der Waals surface area contributed by atoms with Gasteiger partial charge in [-0.2, -0.15) is 4.98 Å². The number of piperidine rings is 1. The van der Waals surface area contributed by atoms with Crippen molar-refractivity contribution in [3.63, 3.8) is 0 Å². The number of nitrogens with zero attached hydrogens (tertiary/aromatic N) is 3. The molecule has 2 heterocycles. The molecule has 1 aliphatic heterocycles. The number of amides is 1. The zero-order valence-corrected chi connectivity index (χ0v) is 22.1. The van der Waals surface area contributed by atoms with Crippen molar-refractivity contribution in [2.45, 2.75) is 30.7 Å². The smallest absolute Gasteiger partial charge is 0.241 e. The number of methoxy groups -OCH3 is 2. The highest BCUT2D eigenvalue weighted by molar-refractivity contribution is 7.99. The Balaban J connectivity index is 1.17. The Kier molecular flexibility index (Phi) is 9.49. The van der Waals surface area contributed by atoms with Crippen molar-refractivity contribution in [3.8, 4) is 22.9 Å². The predicted octanol–water partition coefficient (Wildman–Crippen LogP) is 4.92. The van der Waals surface area contributed by atoms with E-state index in [1.165, 1.54) is 4.90 Å². The van der Waals surface area contributed by atoms with Gasteiger partial charge in [0, 0.05) is 27.9 Å². The average molecular weight is 531 g/mol. The second-order valence-electron chi connectivity index (χ2n) is 8.58. The molecule has 0 spiro atoms. The first-order valence-corrected chi connectivity index (χ1v) is 13.4. The molecule has 36 heavy (non-hydrogen) atoms. The molecule has 4 rings (SSSR count). The Labute approximate surface area is 220 Å². The summed E-state index contributed by atoms with van der Waals surface area (Å²) in [5.74, 6) is 3.48. The number of carbonyl (C=O) groups is 1. The van der Waals surface area contributed by atoms with Gasteiger partial charge >= 0.3 is 0 Å². The summed E-state index contributed by atoms with van der Waals surface area (Å²) in [5.41, 5.74) is 0.796. The summed E-state index contributed by atoms with van der Waals surface area (Å²) >= 11 is 7.69. The minimum atomic E-state index is 0.0511. The third-order valence-electron chi connectivity index (χ3n) is 6.13. The SMILES string of the molecule is COc1ccc(-c2noc(CN3CCC(C(=O)NCCCSc4ccc(Cl)cc4)CC3)n2)cc1OC. The van der Waals surface area contributed by atoms with Crippen LogP contribution in [-0.2, 0) is 11.3 Å². The molecule has 0 saturated carbocycles. The van der Waals surface area contributed by atoms with Crippen molar-refractivity contribution in [3.05, 3.63) is 53.4 Å². The van der Waals surface area contributed by atoms with Gasteiger partial charge in [-0.25, -0.2) is 0 Å². The molecule has 1 saturated heterocycles. The van der Waals surface area contributed by atoms with E-state index < -0.39 is 0 Å². The van der Waals surface area contributed by atoms with Crippen LogP contribution in [-0.4, -0.2) is 60.6 Å². The van der Waals surface area contributed by atoms with Crippen LogP contribution in [0.5, 0.6) is 11.5 Å². The molecule has 1 N–H and O–H groups in total. The lowest BCUT2D eigenvalue weighted by Gasteiger charge is -2.30. The largest absolute Gasteiger partial charge is 0.493 e. The van der Waals surface area contributed by atoms with Gasteiger partial charge in [-0.3, -0.25) is 9.69 Å². The van der Waals surface area contributed by atoms with Crippen LogP contribution >= 0.6 is 23.4 Å². The summed E-state index contributed by atoms with van der Waals surface area (Å²) in [7, 11) is 3.19. The van der Waals surface area contributed by atoms with Gasteiger partial charge in [-0.05, 0) is 80.6 Å². The number of thioether (sulfide) groups is 1. The number of halogens is 1. The lowest BCUT2D eigenvalue weighted by molar-refractivity contribution is -0.126. The monoisotopic (exact) mass is 530 g/mol. The van der Waals surface area contributed by atoms with Crippen molar-refractivity contribution in [2.24, 2.45) is 5.92 Å². The highest BCUT2D eigenvalue weighted by Gasteiger charge is 2.26. The summed E-state index contributed by atoms with van der Waals surface area (Å²) in [6, 6.07) is 13.3. The van der Waals surface area contributed by atoms with Gasteiger partial charge in [-0.1, -0.05) is 16.8 Å². The molecule has 3 aromatic rings. The lowest BCUT2D eigenvalue weighted by atomic mass is 9.96. The second kappa shape index (κ2) is 13.0. The number of ether oxygens (including phenoxy) is 2. The number of carbonyl (C=O) groups excluding carboxylic acids is 1. The van der Waals surface area contributed by atoms with Crippen molar-refractivity contribution >= 4 is 29.3 Å². The standard InChI is InChI=1S/C26H31ClN4O4S/c1-33-22-9-4-19(16-23(22)34-2)25-29-24(35-30-25)17-31-13-10-18(11-14-31)26(32)28-12-3-15-36-21-7-5-20(27)6-8-21/h4-9,16,18H,3,10-15,17H2,1-2H3,(H,28,32). The number of benzene rings is 2. The molecule has 0 aliphatic carbocycles. The van der Waals surface area contributed by atoms with Crippen LogP contribution in [0.25, 0.3) is 11.4 Å². The van der Waals surface area contributed by atoms with Gasteiger partial charge in [0.25, 0.3) is 0 Å².